The lowest BCUT2D eigenvalue weighted by atomic mass is 10.2. The van der Waals surface area contributed by atoms with Crippen molar-refractivity contribution in [1.29, 1.82) is 0 Å². The van der Waals surface area contributed by atoms with Crippen LogP contribution in [-0.4, -0.2) is 22.3 Å². The van der Waals surface area contributed by atoms with Gasteiger partial charge in [0.05, 0.1) is 5.69 Å². The van der Waals surface area contributed by atoms with Gasteiger partial charge >= 0.3 is 0 Å². The van der Waals surface area contributed by atoms with Gasteiger partial charge in [0.1, 0.15) is 11.9 Å². The maximum Gasteiger partial charge on any atom is 0.295 e. The maximum atomic E-state index is 12.5. The molecular formula is C14H15F2N3O3. The number of nitrogens with zero attached hydrogens (tertiary/aromatic N) is 2. The minimum absolute atomic E-state index is 0.0640. The molecule has 2 aromatic heterocycles. The second kappa shape index (κ2) is 5.88. The van der Waals surface area contributed by atoms with Gasteiger partial charge in [0.2, 0.25) is 0 Å². The monoisotopic (exact) mass is 311 g/mol. The zero-order valence-corrected chi connectivity index (χ0v) is 11.9. The van der Waals surface area contributed by atoms with Crippen molar-refractivity contribution < 1.29 is 22.7 Å². The number of anilines is 1. The number of rotatable bonds is 4. The van der Waals surface area contributed by atoms with Gasteiger partial charge in [-0.3, -0.25) is 9.48 Å². The van der Waals surface area contributed by atoms with E-state index in [1.807, 2.05) is 0 Å². The van der Waals surface area contributed by atoms with E-state index in [1.54, 1.807) is 13.1 Å². The van der Waals surface area contributed by atoms with E-state index in [2.05, 4.69) is 10.4 Å². The summed E-state index contributed by atoms with van der Waals surface area (Å²) in [6.45, 7) is 0.700. The molecule has 1 amide bonds. The van der Waals surface area contributed by atoms with Crippen LogP contribution in [0.2, 0.25) is 0 Å². The van der Waals surface area contributed by atoms with Crippen LogP contribution in [0.3, 0.4) is 0 Å². The van der Waals surface area contributed by atoms with Gasteiger partial charge in [0.15, 0.2) is 11.5 Å². The van der Waals surface area contributed by atoms with Gasteiger partial charge in [-0.1, -0.05) is 0 Å². The lowest BCUT2D eigenvalue weighted by Crippen LogP contribution is -2.13. The Morgan fingerprint density at radius 3 is 2.95 bits per heavy atom. The van der Waals surface area contributed by atoms with Crippen molar-refractivity contribution in [3.05, 3.63) is 35.4 Å². The number of amides is 1. The molecule has 1 fully saturated rings. The van der Waals surface area contributed by atoms with E-state index in [9.17, 15) is 13.6 Å². The van der Waals surface area contributed by atoms with E-state index in [0.29, 0.717) is 12.4 Å². The highest BCUT2D eigenvalue weighted by atomic mass is 19.3. The highest BCUT2D eigenvalue weighted by molar-refractivity contribution is 6.01. The second-order valence-corrected chi connectivity index (χ2v) is 5.04. The molecule has 3 rings (SSSR count). The van der Waals surface area contributed by atoms with E-state index in [4.69, 9.17) is 9.15 Å². The molecule has 3 heterocycles. The Hall–Kier alpha value is -2.22. The topological polar surface area (TPSA) is 69.3 Å². The zero-order chi connectivity index (χ0) is 15.7. The van der Waals surface area contributed by atoms with Gasteiger partial charge < -0.3 is 14.5 Å². The van der Waals surface area contributed by atoms with Crippen molar-refractivity contribution >= 4 is 11.7 Å². The number of aryl methyl sites for hydroxylation is 1. The second-order valence-electron chi connectivity index (χ2n) is 5.04. The summed E-state index contributed by atoms with van der Waals surface area (Å²) in [6, 6.07) is 4.01. The predicted molar refractivity (Wildman–Crippen MR) is 72.8 cm³/mol. The molecule has 8 heteroatoms. The highest BCUT2D eigenvalue weighted by Gasteiger charge is 2.23. The first-order valence-electron chi connectivity index (χ1n) is 6.89. The predicted octanol–water partition coefficient (Wildman–Crippen LogP) is 3.05. The fraction of sp³-hybridized carbons (Fsp3) is 0.429. The molecule has 1 atom stereocenters. The van der Waals surface area contributed by atoms with Gasteiger partial charge in [-0.25, -0.2) is 8.78 Å². The molecule has 1 saturated heterocycles. The van der Waals surface area contributed by atoms with E-state index in [-0.39, 0.29) is 11.9 Å². The number of aromatic nitrogens is 2. The summed E-state index contributed by atoms with van der Waals surface area (Å²) in [4.78, 5) is 12.0. The normalized spacial score (nSPS) is 18.1. The highest BCUT2D eigenvalue weighted by Crippen LogP contribution is 2.29. The summed E-state index contributed by atoms with van der Waals surface area (Å²) >= 11 is 0. The molecule has 0 bridgehead atoms. The summed E-state index contributed by atoms with van der Waals surface area (Å²) in [5.74, 6) is -0.857. The number of ether oxygens (including phenoxy) is 1. The Bertz CT molecular complexity index is 675. The molecule has 0 saturated carbocycles. The molecule has 1 N–H and O–H groups in total. The van der Waals surface area contributed by atoms with E-state index in [0.717, 1.165) is 24.6 Å². The van der Waals surface area contributed by atoms with E-state index in [1.165, 1.54) is 10.7 Å². The van der Waals surface area contributed by atoms with Crippen molar-refractivity contribution in [1.82, 2.24) is 9.78 Å². The number of nitrogens with one attached hydrogen (secondary N) is 1. The van der Waals surface area contributed by atoms with Crippen LogP contribution < -0.4 is 5.32 Å². The smallest absolute Gasteiger partial charge is 0.295 e. The molecule has 6 nitrogen and oxygen atoms in total. The fourth-order valence-corrected chi connectivity index (χ4v) is 2.34. The number of hydrogen-bond donors (Lipinski definition) is 1. The number of hydrogen-bond acceptors (Lipinski definition) is 4. The lowest BCUT2D eigenvalue weighted by molar-refractivity contribution is 0.0963. The molecule has 22 heavy (non-hydrogen) atoms. The first kappa shape index (κ1) is 14.7. The van der Waals surface area contributed by atoms with Crippen LogP contribution in [-0.2, 0) is 11.8 Å². The van der Waals surface area contributed by atoms with Gasteiger partial charge in [-0.15, -0.1) is 0 Å². The Balaban J connectivity index is 1.73. The third-order valence-corrected chi connectivity index (χ3v) is 3.47. The first-order valence-corrected chi connectivity index (χ1v) is 6.89. The Labute approximate surface area is 125 Å². The minimum atomic E-state index is -2.75. The average molecular weight is 311 g/mol. The van der Waals surface area contributed by atoms with Crippen LogP contribution in [0, 0.1) is 0 Å². The Kier molecular flexibility index (Phi) is 3.93. The van der Waals surface area contributed by atoms with Crippen molar-refractivity contribution in [3.63, 3.8) is 0 Å². The van der Waals surface area contributed by atoms with Gasteiger partial charge in [-0.2, -0.15) is 5.10 Å². The quantitative estimate of drug-likeness (QED) is 0.942. The molecule has 0 aromatic carbocycles. The maximum absolute atomic E-state index is 12.5. The summed E-state index contributed by atoms with van der Waals surface area (Å²) in [7, 11) is 1.68. The number of halogens is 2. The Morgan fingerprint density at radius 1 is 1.50 bits per heavy atom. The summed E-state index contributed by atoms with van der Waals surface area (Å²) in [6.07, 6.45) is -0.943. The van der Waals surface area contributed by atoms with Gasteiger partial charge in [-0.05, 0) is 25.0 Å². The molecule has 0 spiro atoms. The van der Waals surface area contributed by atoms with Crippen molar-refractivity contribution in [3.8, 4) is 0 Å². The molecule has 118 valence electrons. The molecule has 2 aromatic rings. The molecule has 0 aliphatic carbocycles. The van der Waals surface area contributed by atoms with Crippen LogP contribution in [0.1, 0.15) is 47.4 Å². The number of furan rings is 1. The standard InChI is InChI=1S/C14H15F2N3O3/c1-19-12(7-8(18-19)9-3-2-6-21-9)17-14(20)11-5-4-10(22-11)13(15)16/h4-5,7,9,13H,2-3,6H2,1H3,(H,17,20). The zero-order valence-electron chi connectivity index (χ0n) is 11.9. The molecule has 0 radical (unpaired) electrons. The average Bonchev–Trinajstić information content (AvgIpc) is 3.18. The minimum Gasteiger partial charge on any atom is -0.450 e. The largest absolute Gasteiger partial charge is 0.450 e. The van der Waals surface area contributed by atoms with Crippen LogP contribution in [0.15, 0.2) is 22.6 Å². The van der Waals surface area contributed by atoms with E-state index < -0.39 is 18.1 Å². The van der Waals surface area contributed by atoms with E-state index >= 15 is 0 Å². The van der Waals surface area contributed by atoms with Crippen LogP contribution in [0.25, 0.3) is 0 Å². The number of carbonyl (C=O) groups is 1. The molecular weight excluding hydrogens is 296 g/mol. The first-order chi connectivity index (χ1) is 10.5. The summed E-state index contributed by atoms with van der Waals surface area (Å²) in [5.41, 5.74) is 0.739. The fourth-order valence-electron chi connectivity index (χ4n) is 2.34. The molecule has 1 unspecified atom stereocenters. The van der Waals surface area contributed by atoms with Crippen LogP contribution in [0.4, 0.5) is 14.6 Å². The van der Waals surface area contributed by atoms with Crippen molar-refractivity contribution in [2.45, 2.75) is 25.4 Å². The molecule has 1 aliphatic heterocycles. The van der Waals surface area contributed by atoms with Crippen molar-refractivity contribution in [2.24, 2.45) is 7.05 Å². The lowest BCUT2D eigenvalue weighted by Gasteiger charge is -2.03. The third kappa shape index (κ3) is 2.87. The molecule has 1 aliphatic rings. The van der Waals surface area contributed by atoms with Gasteiger partial charge in [0, 0.05) is 19.7 Å². The Morgan fingerprint density at radius 2 is 2.32 bits per heavy atom. The van der Waals surface area contributed by atoms with Gasteiger partial charge in [0.25, 0.3) is 12.3 Å². The number of alkyl halides is 2. The van der Waals surface area contributed by atoms with Crippen LogP contribution in [0.5, 0.6) is 0 Å². The SMILES string of the molecule is Cn1nc(C2CCCO2)cc1NC(=O)c1ccc(C(F)F)o1. The van der Waals surface area contributed by atoms with Crippen molar-refractivity contribution in [2.75, 3.05) is 11.9 Å². The van der Waals surface area contributed by atoms with Crippen LogP contribution >= 0.6 is 0 Å². The third-order valence-electron chi connectivity index (χ3n) is 3.47. The summed E-state index contributed by atoms with van der Waals surface area (Å²) < 4.78 is 36.8. The number of carbonyl (C=O) groups excluding carboxylic acids is 1. The summed E-state index contributed by atoms with van der Waals surface area (Å²) in [5, 5.41) is 6.89.